The Morgan fingerprint density at radius 1 is 1.12 bits per heavy atom. The Hall–Kier alpha value is -3.48. The van der Waals surface area contributed by atoms with Crippen LogP contribution in [0.15, 0.2) is 58.4 Å². The SMILES string of the molecule is CN1CCN(c2ccc(N(C=O)C(=O)[C@H]3C[C@@H]4C[C@H]3[C@H]3[C@H](c5ccccc5)c5sc(=O)[nH]c5S[C@@H]43)cc2[N+](=O)[O-])CC1. The highest BCUT2D eigenvalue weighted by Crippen LogP contribution is 2.65. The standard InChI is InChI=1S/C30H31N5O5S2/c1-32-9-11-33(12-10-32)22-8-7-19(15-23(22)35(39)40)34(16-36)29(37)21-14-18-13-20(21)25-24(17-5-3-2-4-6-17)27-28(41-26(18)25)31-30(38)42-27/h2-8,15-16,18,20-21,24-26H,9-14H2,1H3,(H,31,38)/t18-,20+,21-,24-,25-,26-/m0/s1. The summed E-state index contributed by atoms with van der Waals surface area (Å²) in [7, 11) is 2.02. The summed E-state index contributed by atoms with van der Waals surface area (Å²) in [5.74, 6) is -0.215. The molecule has 3 aromatic rings. The first-order valence-corrected chi connectivity index (χ1v) is 16.0. The lowest BCUT2D eigenvalue weighted by Gasteiger charge is -2.43. The molecular weight excluding hydrogens is 574 g/mol. The number of nitro groups is 1. The number of likely N-dealkylation sites (N-methyl/N-ethyl adjacent to an activating group) is 1. The summed E-state index contributed by atoms with van der Waals surface area (Å²) in [6.45, 7) is 2.93. The molecule has 2 aliphatic carbocycles. The number of H-pyrrole nitrogens is 1. The van der Waals surface area contributed by atoms with Gasteiger partial charge in [0.1, 0.15) is 5.69 Å². The molecule has 0 spiro atoms. The summed E-state index contributed by atoms with van der Waals surface area (Å²) < 4.78 is 0. The summed E-state index contributed by atoms with van der Waals surface area (Å²) in [6.07, 6.45) is 2.05. The summed E-state index contributed by atoms with van der Waals surface area (Å²) in [5.41, 5.74) is 1.75. The third-order valence-corrected chi connectivity index (χ3v) is 12.3. The molecule has 12 heteroatoms. The summed E-state index contributed by atoms with van der Waals surface area (Å²) in [6, 6.07) is 14.8. The molecule has 0 radical (unpaired) electrons. The van der Waals surface area contributed by atoms with E-state index in [-0.39, 0.29) is 57.0 Å². The van der Waals surface area contributed by atoms with Gasteiger partial charge in [-0.1, -0.05) is 41.7 Å². The Kier molecular flexibility index (Phi) is 6.94. The number of hydrogen-bond acceptors (Lipinski definition) is 9. The summed E-state index contributed by atoms with van der Waals surface area (Å²) in [5, 5.41) is 13.3. The van der Waals surface area contributed by atoms with Crippen molar-refractivity contribution in [1.29, 1.82) is 0 Å². The van der Waals surface area contributed by atoms with Crippen molar-refractivity contribution in [2.75, 3.05) is 43.0 Å². The second-order valence-corrected chi connectivity index (χ2v) is 14.0. The zero-order valence-corrected chi connectivity index (χ0v) is 24.7. The Morgan fingerprint density at radius 3 is 2.60 bits per heavy atom. The van der Waals surface area contributed by atoms with Gasteiger partial charge >= 0.3 is 4.87 Å². The van der Waals surface area contributed by atoms with Gasteiger partial charge in [-0.3, -0.25) is 29.4 Å². The minimum absolute atomic E-state index is 0.00404. The minimum Gasteiger partial charge on any atom is -0.363 e. The van der Waals surface area contributed by atoms with Crippen LogP contribution in [0.1, 0.15) is 29.2 Å². The van der Waals surface area contributed by atoms with Gasteiger partial charge in [0.15, 0.2) is 0 Å². The van der Waals surface area contributed by atoms with E-state index in [0.717, 1.165) is 39.9 Å². The molecule has 2 amide bonds. The number of amides is 2. The van der Waals surface area contributed by atoms with Crippen molar-refractivity contribution < 1.29 is 14.5 Å². The molecule has 3 fully saturated rings. The van der Waals surface area contributed by atoms with Gasteiger partial charge in [0.25, 0.3) is 5.69 Å². The zero-order chi connectivity index (χ0) is 29.1. The molecule has 0 unspecified atom stereocenters. The van der Waals surface area contributed by atoms with E-state index in [1.54, 1.807) is 23.9 Å². The number of nitrogens with one attached hydrogen (secondary N) is 1. The number of rotatable bonds is 6. The maximum atomic E-state index is 14.1. The number of fused-ring (bicyclic) bond motifs is 6. The van der Waals surface area contributed by atoms with Crippen LogP contribution in [-0.2, 0) is 9.59 Å². The first kappa shape index (κ1) is 27.4. The molecular formula is C30H31N5O5S2. The number of piperazine rings is 1. The van der Waals surface area contributed by atoms with Gasteiger partial charge in [-0.2, -0.15) is 0 Å². The van der Waals surface area contributed by atoms with E-state index in [1.165, 1.54) is 17.4 Å². The van der Waals surface area contributed by atoms with Crippen LogP contribution >= 0.6 is 23.1 Å². The number of aromatic nitrogens is 1. The number of carbonyl (C=O) groups excluding carboxylic acids is 2. The third-order valence-electron chi connectivity index (χ3n) is 9.65. The number of imide groups is 1. The van der Waals surface area contributed by atoms with E-state index in [4.69, 9.17) is 0 Å². The smallest absolute Gasteiger partial charge is 0.305 e. The number of benzene rings is 2. The number of nitro benzene ring substituents is 1. The highest BCUT2D eigenvalue weighted by Gasteiger charge is 2.60. The van der Waals surface area contributed by atoms with Crippen molar-refractivity contribution >= 4 is 52.5 Å². The Bertz CT molecular complexity index is 1600. The highest BCUT2D eigenvalue weighted by molar-refractivity contribution is 8.00. The van der Waals surface area contributed by atoms with Gasteiger partial charge in [-0.15, -0.1) is 11.8 Å². The molecule has 7 rings (SSSR count). The van der Waals surface area contributed by atoms with Crippen LogP contribution in [-0.4, -0.2) is 65.6 Å². The van der Waals surface area contributed by atoms with Crippen LogP contribution in [0.2, 0.25) is 0 Å². The highest BCUT2D eigenvalue weighted by atomic mass is 32.2. The van der Waals surface area contributed by atoms with Crippen LogP contribution in [0.25, 0.3) is 0 Å². The van der Waals surface area contributed by atoms with Crippen molar-refractivity contribution in [2.24, 2.45) is 23.7 Å². The quantitative estimate of drug-likeness (QED) is 0.253. The topological polar surface area (TPSA) is 120 Å². The molecule has 1 saturated heterocycles. The van der Waals surface area contributed by atoms with Gasteiger partial charge in [-0.25, -0.2) is 0 Å². The van der Waals surface area contributed by atoms with Gasteiger partial charge < -0.3 is 14.8 Å². The minimum atomic E-state index is -0.434. The van der Waals surface area contributed by atoms with E-state index >= 15 is 0 Å². The zero-order valence-electron chi connectivity index (χ0n) is 23.0. The third kappa shape index (κ3) is 4.47. The second kappa shape index (κ2) is 10.7. The summed E-state index contributed by atoms with van der Waals surface area (Å²) in [4.78, 5) is 59.8. The molecule has 2 aromatic carbocycles. The molecule has 42 heavy (non-hydrogen) atoms. The van der Waals surface area contributed by atoms with Gasteiger partial charge in [0.05, 0.1) is 15.6 Å². The van der Waals surface area contributed by atoms with E-state index in [2.05, 4.69) is 22.0 Å². The van der Waals surface area contributed by atoms with E-state index in [1.807, 2.05) is 30.1 Å². The van der Waals surface area contributed by atoms with Crippen LogP contribution in [0.4, 0.5) is 17.1 Å². The monoisotopic (exact) mass is 605 g/mol. The normalized spacial score (nSPS) is 28.3. The lowest BCUT2D eigenvalue weighted by molar-refractivity contribution is -0.384. The number of carbonyl (C=O) groups is 2. The van der Waals surface area contributed by atoms with Crippen molar-refractivity contribution in [1.82, 2.24) is 9.88 Å². The molecule has 2 aliphatic heterocycles. The van der Waals surface area contributed by atoms with Crippen molar-refractivity contribution in [2.45, 2.75) is 29.0 Å². The molecule has 218 valence electrons. The number of thioether (sulfide) groups is 1. The lowest BCUT2D eigenvalue weighted by Crippen LogP contribution is -2.45. The number of hydrogen-bond donors (Lipinski definition) is 1. The first-order valence-electron chi connectivity index (χ1n) is 14.3. The Labute approximate surface area is 250 Å². The van der Waals surface area contributed by atoms with Crippen LogP contribution in [0.3, 0.4) is 0 Å². The van der Waals surface area contributed by atoms with Gasteiger partial charge in [0.2, 0.25) is 12.3 Å². The fourth-order valence-corrected chi connectivity index (χ4v) is 10.6. The lowest BCUT2D eigenvalue weighted by atomic mass is 9.70. The van der Waals surface area contributed by atoms with E-state index in [0.29, 0.717) is 31.6 Å². The molecule has 3 heterocycles. The van der Waals surface area contributed by atoms with Crippen LogP contribution < -0.4 is 14.7 Å². The fraction of sp³-hybridized carbons (Fsp3) is 0.433. The van der Waals surface area contributed by atoms with Crippen molar-refractivity contribution in [3.05, 3.63) is 78.8 Å². The van der Waals surface area contributed by atoms with Crippen LogP contribution in [0, 0.1) is 33.8 Å². The van der Waals surface area contributed by atoms with Crippen LogP contribution in [0.5, 0.6) is 0 Å². The Balaban J connectivity index is 1.20. The summed E-state index contributed by atoms with van der Waals surface area (Å²) >= 11 is 2.98. The largest absolute Gasteiger partial charge is 0.363 e. The molecule has 1 N–H and O–H groups in total. The number of anilines is 2. The molecule has 2 saturated carbocycles. The second-order valence-electron chi connectivity index (χ2n) is 11.8. The predicted molar refractivity (Wildman–Crippen MR) is 162 cm³/mol. The molecule has 10 nitrogen and oxygen atoms in total. The molecule has 2 bridgehead atoms. The van der Waals surface area contributed by atoms with Crippen molar-refractivity contribution in [3.8, 4) is 0 Å². The van der Waals surface area contributed by atoms with Gasteiger partial charge in [0, 0.05) is 54.2 Å². The maximum Gasteiger partial charge on any atom is 0.305 e. The average Bonchev–Trinajstić information content (AvgIpc) is 3.69. The maximum absolute atomic E-state index is 14.1. The molecule has 1 aromatic heterocycles. The predicted octanol–water partition coefficient (Wildman–Crippen LogP) is 4.16. The molecule has 6 atom stereocenters. The van der Waals surface area contributed by atoms with Crippen molar-refractivity contribution in [3.63, 3.8) is 0 Å². The fourth-order valence-electron chi connectivity index (χ4n) is 7.76. The molecule has 4 aliphatic rings. The first-order chi connectivity index (χ1) is 20.3. The Morgan fingerprint density at radius 2 is 1.88 bits per heavy atom. The number of nitrogens with zero attached hydrogens (tertiary/aromatic N) is 4. The van der Waals surface area contributed by atoms with Gasteiger partial charge in [-0.05, 0) is 55.3 Å². The van der Waals surface area contributed by atoms with E-state index in [9.17, 15) is 24.5 Å². The average molecular weight is 606 g/mol. The number of thiazole rings is 1. The van der Waals surface area contributed by atoms with E-state index < -0.39 is 4.92 Å². The number of aromatic amines is 1.